The fourth-order valence-electron chi connectivity index (χ4n) is 3.79. The summed E-state index contributed by atoms with van der Waals surface area (Å²) < 4.78 is 10.7. The van der Waals surface area contributed by atoms with Gasteiger partial charge < -0.3 is 14.6 Å². The van der Waals surface area contributed by atoms with Crippen molar-refractivity contribution in [3.63, 3.8) is 0 Å². The fraction of sp³-hybridized carbons (Fsp3) is 0.522. The van der Waals surface area contributed by atoms with Gasteiger partial charge in [-0.15, -0.1) is 0 Å². The molecule has 2 fully saturated rings. The molecule has 0 spiro atoms. The Bertz CT molecular complexity index is 839. The fourth-order valence-corrected chi connectivity index (χ4v) is 3.79. The number of aliphatic hydroxyl groups excluding tert-OH is 1. The molecule has 1 aromatic carbocycles. The first-order valence-corrected chi connectivity index (χ1v) is 10.4. The lowest BCUT2D eigenvalue weighted by atomic mass is 9.95. The summed E-state index contributed by atoms with van der Waals surface area (Å²) in [6.07, 6.45) is 1.40. The van der Waals surface area contributed by atoms with Crippen LogP contribution in [0.3, 0.4) is 0 Å². The molecule has 30 heavy (non-hydrogen) atoms. The number of ketones is 1. The number of rotatable bonds is 4. The van der Waals surface area contributed by atoms with Gasteiger partial charge in [0.05, 0.1) is 6.04 Å². The van der Waals surface area contributed by atoms with E-state index in [9.17, 15) is 19.5 Å². The van der Waals surface area contributed by atoms with Gasteiger partial charge in [0.2, 0.25) is 5.78 Å². The van der Waals surface area contributed by atoms with Gasteiger partial charge in [0.25, 0.3) is 0 Å². The van der Waals surface area contributed by atoms with Crippen LogP contribution in [-0.4, -0.2) is 52.1 Å². The average molecular weight is 415 g/mol. The van der Waals surface area contributed by atoms with E-state index in [-0.39, 0.29) is 5.57 Å². The number of benzene rings is 1. The number of aliphatic hydroxyl groups is 1. The summed E-state index contributed by atoms with van der Waals surface area (Å²) in [5.74, 6) is -1.74. The first-order chi connectivity index (χ1) is 14.2. The zero-order valence-corrected chi connectivity index (χ0v) is 17.7. The van der Waals surface area contributed by atoms with Gasteiger partial charge in [-0.05, 0) is 58.4 Å². The molecule has 2 heterocycles. The molecule has 2 atom stereocenters. The molecule has 3 rings (SSSR count). The van der Waals surface area contributed by atoms with Crippen LogP contribution in [0, 0.1) is 0 Å². The maximum atomic E-state index is 12.8. The number of esters is 1. The number of Topliss-reactive ketones (excluding diaryl/α,β-unsaturated/α-hetero) is 1. The molecule has 162 valence electrons. The maximum Gasteiger partial charge on any atom is 0.410 e. The Morgan fingerprint density at radius 2 is 1.90 bits per heavy atom. The second kappa shape index (κ2) is 8.90. The third-order valence-electron chi connectivity index (χ3n) is 5.23. The van der Waals surface area contributed by atoms with Crippen molar-refractivity contribution in [3.05, 3.63) is 47.2 Å². The monoisotopic (exact) mass is 415 g/mol. The third-order valence-corrected chi connectivity index (χ3v) is 5.23. The Morgan fingerprint density at radius 3 is 2.57 bits per heavy atom. The number of amides is 1. The zero-order chi connectivity index (χ0) is 21.9. The van der Waals surface area contributed by atoms with Crippen molar-refractivity contribution in [3.8, 4) is 0 Å². The molecule has 1 aromatic rings. The third kappa shape index (κ3) is 5.01. The lowest BCUT2D eigenvalue weighted by Crippen LogP contribution is -2.47. The molecule has 0 bridgehead atoms. The van der Waals surface area contributed by atoms with E-state index in [2.05, 4.69) is 0 Å². The second-order valence-electron chi connectivity index (χ2n) is 8.73. The second-order valence-corrected chi connectivity index (χ2v) is 8.73. The number of carbonyl (C=O) groups excluding carboxylic acids is 3. The number of hydrogen-bond donors (Lipinski definition) is 1. The summed E-state index contributed by atoms with van der Waals surface area (Å²) in [6, 6.07) is 8.83. The van der Waals surface area contributed by atoms with Gasteiger partial charge >= 0.3 is 12.1 Å². The maximum absolute atomic E-state index is 12.8. The van der Waals surface area contributed by atoms with Crippen LogP contribution in [0.1, 0.15) is 52.0 Å². The Labute approximate surface area is 176 Å². The van der Waals surface area contributed by atoms with Gasteiger partial charge in [-0.25, -0.2) is 9.59 Å². The highest BCUT2D eigenvalue weighted by molar-refractivity contribution is 6.23. The smallest absolute Gasteiger partial charge is 0.410 e. The quantitative estimate of drug-likeness (QED) is 0.349. The molecule has 0 radical (unpaired) electrons. The van der Waals surface area contributed by atoms with E-state index in [1.54, 1.807) is 20.8 Å². The van der Waals surface area contributed by atoms with Crippen molar-refractivity contribution in [2.45, 2.75) is 70.6 Å². The SMILES string of the molecule is CC(C)(C)OC(=O)N1CCCC[C@H]1C(O)=C1C(=O)O[C@H](CCc2ccccc2)C1=O. The first-order valence-electron chi connectivity index (χ1n) is 10.4. The predicted octanol–water partition coefficient (Wildman–Crippen LogP) is 3.72. The molecule has 0 aliphatic carbocycles. The van der Waals surface area contributed by atoms with Crippen molar-refractivity contribution >= 4 is 17.8 Å². The molecule has 2 aliphatic rings. The van der Waals surface area contributed by atoms with E-state index in [0.29, 0.717) is 25.8 Å². The molecule has 7 heteroatoms. The minimum Gasteiger partial charge on any atom is -0.509 e. The molecule has 0 saturated carbocycles. The van der Waals surface area contributed by atoms with Crippen LogP contribution in [0.4, 0.5) is 4.79 Å². The number of aryl methyl sites for hydroxylation is 1. The average Bonchev–Trinajstić information content (AvgIpc) is 2.98. The van der Waals surface area contributed by atoms with E-state index in [0.717, 1.165) is 18.4 Å². The topological polar surface area (TPSA) is 93.1 Å². The van der Waals surface area contributed by atoms with Crippen molar-refractivity contribution in [1.29, 1.82) is 0 Å². The van der Waals surface area contributed by atoms with Crippen molar-refractivity contribution in [1.82, 2.24) is 4.90 Å². The molecular weight excluding hydrogens is 386 g/mol. The minimum absolute atomic E-state index is 0.339. The van der Waals surface area contributed by atoms with E-state index in [1.807, 2.05) is 30.3 Å². The Balaban J connectivity index is 1.76. The molecule has 1 amide bonds. The lowest BCUT2D eigenvalue weighted by molar-refractivity contribution is -0.141. The highest BCUT2D eigenvalue weighted by Gasteiger charge is 2.44. The molecule has 0 aromatic heterocycles. The van der Waals surface area contributed by atoms with E-state index >= 15 is 0 Å². The van der Waals surface area contributed by atoms with Crippen molar-refractivity contribution in [2.75, 3.05) is 6.54 Å². The number of ether oxygens (including phenoxy) is 2. The molecule has 7 nitrogen and oxygen atoms in total. The molecule has 2 saturated heterocycles. The highest BCUT2D eigenvalue weighted by atomic mass is 16.6. The normalized spacial score (nSPS) is 23.9. The number of nitrogens with zero attached hydrogens (tertiary/aromatic N) is 1. The van der Waals surface area contributed by atoms with Crippen LogP contribution in [-0.2, 0) is 25.5 Å². The van der Waals surface area contributed by atoms with Crippen molar-refractivity contribution in [2.24, 2.45) is 0 Å². The van der Waals surface area contributed by atoms with Crippen LogP contribution in [0.2, 0.25) is 0 Å². The largest absolute Gasteiger partial charge is 0.509 e. The van der Waals surface area contributed by atoms with Crippen LogP contribution in [0.5, 0.6) is 0 Å². The number of hydrogen-bond acceptors (Lipinski definition) is 6. The van der Waals surface area contributed by atoms with Gasteiger partial charge in [0.1, 0.15) is 16.9 Å². The van der Waals surface area contributed by atoms with Gasteiger partial charge in [-0.3, -0.25) is 9.69 Å². The van der Waals surface area contributed by atoms with Crippen molar-refractivity contribution < 1.29 is 29.0 Å². The van der Waals surface area contributed by atoms with E-state index < -0.39 is 41.4 Å². The van der Waals surface area contributed by atoms with Gasteiger partial charge in [0, 0.05) is 6.54 Å². The number of cyclic esters (lactones) is 1. The molecule has 1 N–H and O–H groups in total. The predicted molar refractivity (Wildman–Crippen MR) is 110 cm³/mol. The Hall–Kier alpha value is -2.83. The summed E-state index contributed by atoms with van der Waals surface area (Å²) in [5, 5.41) is 10.8. The van der Waals surface area contributed by atoms with Gasteiger partial charge in [0.15, 0.2) is 6.10 Å². The Kier molecular flexibility index (Phi) is 6.48. The van der Waals surface area contributed by atoms with E-state index in [4.69, 9.17) is 9.47 Å². The van der Waals surface area contributed by atoms with Crippen LogP contribution < -0.4 is 0 Å². The molecular formula is C23H29NO6. The summed E-state index contributed by atoms with van der Waals surface area (Å²) in [4.78, 5) is 39.2. The summed E-state index contributed by atoms with van der Waals surface area (Å²) in [7, 11) is 0. The van der Waals surface area contributed by atoms with Gasteiger partial charge in [-0.2, -0.15) is 0 Å². The minimum atomic E-state index is -0.923. The lowest BCUT2D eigenvalue weighted by Gasteiger charge is -2.36. The number of likely N-dealkylation sites (tertiary alicyclic amines) is 1. The van der Waals surface area contributed by atoms with E-state index in [1.165, 1.54) is 4.90 Å². The van der Waals surface area contributed by atoms with Crippen LogP contribution in [0.25, 0.3) is 0 Å². The number of piperidine rings is 1. The summed E-state index contributed by atoms with van der Waals surface area (Å²) in [5.41, 5.74) is 0.00634. The van der Waals surface area contributed by atoms with Crippen LogP contribution in [0.15, 0.2) is 41.7 Å². The summed E-state index contributed by atoms with van der Waals surface area (Å²) in [6.45, 7) is 5.67. The summed E-state index contributed by atoms with van der Waals surface area (Å²) >= 11 is 0. The van der Waals surface area contributed by atoms with Crippen LogP contribution >= 0.6 is 0 Å². The molecule has 2 aliphatic heterocycles. The molecule has 0 unspecified atom stereocenters. The number of carbonyl (C=O) groups is 3. The highest BCUT2D eigenvalue weighted by Crippen LogP contribution is 2.30. The van der Waals surface area contributed by atoms with Gasteiger partial charge in [-0.1, -0.05) is 30.3 Å². The standard InChI is InChI=1S/C23H29NO6/c1-23(2,3)30-22(28)24-14-8-7-11-16(24)19(25)18-20(26)17(29-21(18)27)13-12-15-9-5-4-6-10-15/h4-6,9-10,16-17,25H,7-8,11-14H2,1-3H3/t16-,17+/m0/s1. The first kappa shape index (κ1) is 21.9. The zero-order valence-electron chi connectivity index (χ0n) is 17.7. The Morgan fingerprint density at radius 1 is 1.20 bits per heavy atom.